The maximum absolute atomic E-state index is 13.0. The molecular weight excluding hydrogens is 318 g/mol. The van der Waals surface area contributed by atoms with Crippen LogP contribution in [-0.4, -0.2) is 50.3 Å². The average molecular weight is 345 g/mol. The highest BCUT2D eigenvalue weighted by molar-refractivity contribution is 5.84. The van der Waals surface area contributed by atoms with Gasteiger partial charge in [0.1, 0.15) is 19.8 Å². The first-order valence-corrected chi connectivity index (χ1v) is 9.58. The quantitative estimate of drug-likeness (QED) is 0.768. The molecule has 0 atom stereocenters. The molecule has 0 aromatic heterocycles. The fourth-order valence-electron chi connectivity index (χ4n) is 4.34. The Kier molecular flexibility index (Phi) is 4.84. The van der Waals surface area contributed by atoms with Gasteiger partial charge in [0, 0.05) is 6.54 Å². The predicted molar refractivity (Wildman–Crippen MR) is 94.2 cm³/mol. The number of ether oxygens (including phenoxy) is 3. The number of esters is 1. The summed E-state index contributed by atoms with van der Waals surface area (Å²) in [6.07, 6.45) is 6.36. The molecule has 1 saturated heterocycles. The van der Waals surface area contributed by atoms with Crippen molar-refractivity contribution in [1.82, 2.24) is 4.90 Å². The fraction of sp³-hybridized carbons (Fsp3) is 0.650. The zero-order chi connectivity index (χ0) is 17.1. The van der Waals surface area contributed by atoms with Crippen LogP contribution in [0.5, 0.6) is 11.5 Å². The molecule has 1 saturated carbocycles. The Morgan fingerprint density at radius 3 is 2.52 bits per heavy atom. The van der Waals surface area contributed by atoms with Crippen molar-refractivity contribution in [3.8, 4) is 11.5 Å². The molecule has 5 nitrogen and oxygen atoms in total. The number of rotatable bonds is 5. The van der Waals surface area contributed by atoms with Crippen LogP contribution in [0.25, 0.3) is 0 Å². The maximum Gasteiger partial charge on any atom is 0.316 e. The van der Waals surface area contributed by atoms with Crippen LogP contribution < -0.4 is 9.47 Å². The van der Waals surface area contributed by atoms with Crippen LogP contribution in [-0.2, 0) is 14.9 Å². The van der Waals surface area contributed by atoms with E-state index in [0.717, 1.165) is 62.4 Å². The third-order valence-corrected chi connectivity index (χ3v) is 5.78. The van der Waals surface area contributed by atoms with E-state index in [-0.39, 0.29) is 5.97 Å². The molecule has 5 heteroatoms. The lowest BCUT2D eigenvalue weighted by atomic mass is 9.78. The lowest BCUT2D eigenvalue weighted by molar-refractivity contribution is -0.151. The highest BCUT2D eigenvalue weighted by atomic mass is 16.6. The van der Waals surface area contributed by atoms with Crippen molar-refractivity contribution in [2.75, 3.05) is 39.5 Å². The van der Waals surface area contributed by atoms with E-state index in [4.69, 9.17) is 14.2 Å². The van der Waals surface area contributed by atoms with Gasteiger partial charge < -0.3 is 14.2 Å². The van der Waals surface area contributed by atoms with Crippen LogP contribution in [0.15, 0.2) is 18.2 Å². The normalized spacial score (nSPS) is 22.1. The van der Waals surface area contributed by atoms with Crippen LogP contribution >= 0.6 is 0 Å². The largest absolute Gasteiger partial charge is 0.486 e. The molecule has 0 amide bonds. The molecule has 0 spiro atoms. The van der Waals surface area contributed by atoms with Crippen molar-refractivity contribution in [2.45, 2.75) is 43.9 Å². The summed E-state index contributed by atoms with van der Waals surface area (Å²) in [5, 5.41) is 0. The molecule has 4 rings (SSSR count). The number of carbonyl (C=O) groups excluding carboxylic acids is 1. The number of fused-ring (bicyclic) bond motifs is 1. The Morgan fingerprint density at radius 2 is 1.76 bits per heavy atom. The van der Waals surface area contributed by atoms with Gasteiger partial charge in [0.25, 0.3) is 0 Å². The SMILES string of the molecule is O=C(OCCN1CCCC1)C1(c2ccc3c(c2)OCCO3)CCCC1. The summed E-state index contributed by atoms with van der Waals surface area (Å²) in [7, 11) is 0. The summed E-state index contributed by atoms with van der Waals surface area (Å²) < 4.78 is 17.1. The summed E-state index contributed by atoms with van der Waals surface area (Å²) >= 11 is 0. The first kappa shape index (κ1) is 16.7. The van der Waals surface area contributed by atoms with E-state index >= 15 is 0 Å². The summed E-state index contributed by atoms with van der Waals surface area (Å²) in [6, 6.07) is 5.93. The van der Waals surface area contributed by atoms with Gasteiger partial charge in [0.05, 0.1) is 5.41 Å². The van der Waals surface area contributed by atoms with Crippen molar-refractivity contribution in [1.29, 1.82) is 0 Å². The zero-order valence-corrected chi connectivity index (χ0v) is 14.8. The van der Waals surface area contributed by atoms with Crippen molar-refractivity contribution >= 4 is 5.97 Å². The van der Waals surface area contributed by atoms with E-state index in [2.05, 4.69) is 4.90 Å². The second-order valence-corrected chi connectivity index (χ2v) is 7.33. The van der Waals surface area contributed by atoms with E-state index in [1.807, 2.05) is 18.2 Å². The molecule has 136 valence electrons. The zero-order valence-electron chi connectivity index (χ0n) is 14.8. The molecule has 2 fully saturated rings. The fourth-order valence-corrected chi connectivity index (χ4v) is 4.34. The highest BCUT2D eigenvalue weighted by Gasteiger charge is 2.44. The molecular formula is C20H27NO4. The van der Waals surface area contributed by atoms with Gasteiger partial charge in [-0.05, 0) is 56.5 Å². The Bertz CT molecular complexity index is 618. The van der Waals surface area contributed by atoms with E-state index in [9.17, 15) is 4.79 Å². The highest BCUT2D eigenvalue weighted by Crippen LogP contribution is 2.45. The first-order chi connectivity index (χ1) is 12.3. The van der Waals surface area contributed by atoms with E-state index in [1.165, 1.54) is 12.8 Å². The molecule has 1 aliphatic carbocycles. The Morgan fingerprint density at radius 1 is 1.04 bits per heavy atom. The standard InChI is InChI=1S/C20H27NO4/c22-19(25-12-11-21-9-3-4-10-21)20(7-1-2-8-20)16-5-6-17-18(15-16)24-14-13-23-17/h5-6,15H,1-4,7-14H2. The van der Waals surface area contributed by atoms with Crippen molar-refractivity contribution in [3.63, 3.8) is 0 Å². The molecule has 1 aromatic carbocycles. The lowest BCUT2D eigenvalue weighted by Gasteiger charge is -2.29. The Labute approximate surface area is 149 Å². The second kappa shape index (κ2) is 7.24. The van der Waals surface area contributed by atoms with E-state index in [1.54, 1.807) is 0 Å². The van der Waals surface area contributed by atoms with Crippen LogP contribution in [0, 0.1) is 0 Å². The van der Waals surface area contributed by atoms with Crippen molar-refractivity contribution in [3.05, 3.63) is 23.8 Å². The molecule has 2 heterocycles. The molecule has 0 N–H and O–H groups in total. The second-order valence-electron chi connectivity index (χ2n) is 7.33. The minimum Gasteiger partial charge on any atom is -0.486 e. The lowest BCUT2D eigenvalue weighted by Crippen LogP contribution is -2.36. The summed E-state index contributed by atoms with van der Waals surface area (Å²) in [4.78, 5) is 15.4. The third kappa shape index (κ3) is 3.34. The molecule has 25 heavy (non-hydrogen) atoms. The number of hydrogen-bond donors (Lipinski definition) is 0. The molecule has 2 aliphatic heterocycles. The van der Waals surface area contributed by atoms with Gasteiger partial charge >= 0.3 is 5.97 Å². The molecule has 3 aliphatic rings. The smallest absolute Gasteiger partial charge is 0.316 e. The van der Waals surface area contributed by atoms with Crippen molar-refractivity contribution in [2.24, 2.45) is 0 Å². The summed E-state index contributed by atoms with van der Waals surface area (Å²) in [6.45, 7) is 4.74. The van der Waals surface area contributed by atoms with Crippen LogP contribution in [0.1, 0.15) is 44.1 Å². The van der Waals surface area contributed by atoms with Crippen molar-refractivity contribution < 1.29 is 19.0 Å². The van der Waals surface area contributed by atoms with Crippen LogP contribution in [0.4, 0.5) is 0 Å². The minimum absolute atomic E-state index is 0.0686. The van der Waals surface area contributed by atoms with E-state index < -0.39 is 5.41 Å². The number of likely N-dealkylation sites (tertiary alicyclic amines) is 1. The number of benzene rings is 1. The number of hydrogen-bond acceptors (Lipinski definition) is 5. The summed E-state index contributed by atoms with van der Waals surface area (Å²) in [5.41, 5.74) is 0.501. The van der Waals surface area contributed by atoms with Gasteiger partial charge in [-0.1, -0.05) is 18.9 Å². The number of carbonyl (C=O) groups is 1. The maximum atomic E-state index is 13.0. The summed E-state index contributed by atoms with van der Waals surface area (Å²) in [5.74, 6) is 1.45. The van der Waals surface area contributed by atoms with Gasteiger partial charge in [-0.3, -0.25) is 9.69 Å². The van der Waals surface area contributed by atoms with Gasteiger partial charge in [-0.15, -0.1) is 0 Å². The van der Waals surface area contributed by atoms with Crippen LogP contribution in [0.2, 0.25) is 0 Å². The predicted octanol–water partition coefficient (Wildman–Crippen LogP) is 2.91. The topological polar surface area (TPSA) is 48.0 Å². The Hall–Kier alpha value is -1.75. The monoisotopic (exact) mass is 345 g/mol. The van der Waals surface area contributed by atoms with Gasteiger partial charge in [0.2, 0.25) is 0 Å². The average Bonchev–Trinajstić information content (AvgIpc) is 3.34. The first-order valence-electron chi connectivity index (χ1n) is 9.58. The van der Waals surface area contributed by atoms with Gasteiger partial charge in [-0.2, -0.15) is 0 Å². The molecule has 0 unspecified atom stereocenters. The molecule has 1 aromatic rings. The molecule has 0 radical (unpaired) electrons. The minimum atomic E-state index is -0.513. The Balaban J connectivity index is 1.47. The van der Waals surface area contributed by atoms with E-state index in [0.29, 0.717) is 19.8 Å². The van der Waals surface area contributed by atoms with Gasteiger partial charge in [0.15, 0.2) is 11.5 Å². The molecule has 0 bridgehead atoms. The third-order valence-electron chi connectivity index (χ3n) is 5.78. The van der Waals surface area contributed by atoms with Crippen LogP contribution in [0.3, 0.4) is 0 Å². The van der Waals surface area contributed by atoms with Gasteiger partial charge in [-0.25, -0.2) is 0 Å². The number of nitrogens with zero attached hydrogens (tertiary/aromatic N) is 1.